The van der Waals surface area contributed by atoms with Crippen LogP contribution in [0, 0.1) is 0 Å². The number of ether oxygens (including phenoxy) is 2. The third-order valence-corrected chi connectivity index (χ3v) is 2.60. The van der Waals surface area contributed by atoms with E-state index in [0.29, 0.717) is 0 Å². The van der Waals surface area contributed by atoms with Crippen molar-refractivity contribution in [2.75, 3.05) is 0 Å². The maximum absolute atomic E-state index is 11.6. The van der Waals surface area contributed by atoms with Gasteiger partial charge in [-0.3, -0.25) is 0 Å². The molecule has 0 aliphatic heterocycles. The summed E-state index contributed by atoms with van der Waals surface area (Å²) in [7, 11) is 0. The van der Waals surface area contributed by atoms with E-state index >= 15 is 0 Å². The fraction of sp³-hybridized carbons (Fsp3) is 0. The van der Waals surface area contributed by atoms with Crippen LogP contribution in [0.15, 0.2) is 48.5 Å². The molecule has 0 spiro atoms. The molecule has 0 heterocycles. The van der Waals surface area contributed by atoms with E-state index in [1.54, 1.807) is 18.2 Å². The number of hydrogen-bond donors (Lipinski definition) is 2. The quantitative estimate of drug-likeness (QED) is 0.659. The Kier molecular flexibility index (Phi) is 4.38. The van der Waals surface area contributed by atoms with Gasteiger partial charge in [0.2, 0.25) is 0 Å². The number of rotatable bonds is 4. The van der Waals surface area contributed by atoms with Gasteiger partial charge in [0.05, 0.1) is 11.1 Å². The van der Waals surface area contributed by atoms with E-state index in [4.69, 9.17) is 19.7 Å². The van der Waals surface area contributed by atoms with Gasteiger partial charge in [0.25, 0.3) is 0 Å². The van der Waals surface area contributed by atoms with Gasteiger partial charge >= 0.3 is 18.1 Å². The molecular weight excluding hydrogens is 292 g/mol. The summed E-state index contributed by atoms with van der Waals surface area (Å²) in [4.78, 5) is 33.5. The SMILES string of the molecule is O=C(Oc1ccccc1)Oc1ccc(C(=O)O)c(C(=O)O)c1. The summed E-state index contributed by atoms with van der Waals surface area (Å²) in [6.07, 6.45) is -1.06. The van der Waals surface area contributed by atoms with Crippen molar-refractivity contribution in [1.29, 1.82) is 0 Å². The van der Waals surface area contributed by atoms with Crippen LogP contribution in [0.25, 0.3) is 0 Å². The predicted octanol–water partition coefficient (Wildman–Crippen LogP) is 2.66. The monoisotopic (exact) mass is 302 g/mol. The van der Waals surface area contributed by atoms with Gasteiger partial charge in [-0.15, -0.1) is 0 Å². The molecule has 0 atom stereocenters. The van der Waals surface area contributed by atoms with Crippen molar-refractivity contribution in [3.05, 3.63) is 59.7 Å². The Bertz CT molecular complexity index is 722. The van der Waals surface area contributed by atoms with Crippen molar-refractivity contribution in [1.82, 2.24) is 0 Å². The fourth-order valence-corrected chi connectivity index (χ4v) is 1.65. The Balaban J connectivity index is 2.16. The number of hydrogen-bond acceptors (Lipinski definition) is 5. The highest BCUT2D eigenvalue weighted by Crippen LogP contribution is 2.19. The zero-order chi connectivity index (χ0) is 16.1. The van der Waals surface area contributed by atoms with Crippen LogP contribution in [0.1, 0.15) is 20.7 Å². The first-order valence-electron chi connectivity index (χ1n) is 6.02. The van der Waals surface area contributed by atoms with Gasteiger partial charge in [-0.05, 0) is 30.3 Å². The lowest BCUT2D eigenvalue weighted by Gasteiger charge is -2.07. The van der Waals surface area contributed by atoms with Crippen molar-refractivity contribution in [3.8, 4) is 11.5 Å². The van der Waals surface area contributed by atoms with Crippen LogP contribution in [-0.4, -0.2) is 28.3 Å². The number of benzene rings is 2. The molecule has 0 aromatic heterocycles. The van der Waals surface area contributed by atoms with Crippen molar-refractivity contribution in [2.45, 2.75) is 0 Å². The maximum Gasteiger partial charge on any atom is 0.519 e. The number of carbonyl (C=O) groups excluding carboxylic acids is 1. The summed E-state index contributed by atoms with van der Waals surface area (Å²) >= 11 is 0. The molecule has 2 N–H and O–H groups in total. The lowest BCUT2D eigenvalue weighted by atomic mass is 10.1. The van der Waals surface area contributed by atoms with Gasteiger partial charge < -0.3 is 19.7 Å². The highest BCUT2D eigenvalue weighted by molar-refractivity contribution is 6.02. The maximum atomic E-state index is 11.6. The average Bonchev–Trinajstić information content (AvgIpc) is 2.47. The molecule has 0 fully saturated rings. The largest absolute Gasteiger partial charge is 0.519 e. The zero-order valence-corrected chi connectivity index (χ0v) is 11.1. The van der Waals surface area contributed by atoms with Crippen molar-refractivity contribution >= 4 is 18.1 Å². The zero-order valence-electron chi connectivity index (χ0n) is 11.1. The number of carboxylic acids is 2. The third kappa shape index (κ3) is 3.60. The molecule has 0 bridgehead atoms. The molecule has 2 aromatic carbocycles. The van der Waals surface area contributed by atoms with Crippen LogP contribution in [0.5, 0.6) is 11.5 Å². The molecule has 22 heavy (non-hydrogen) atoms. The summed E-state index contributed by atoms with van der Waals surface area (Å²) < 4.78 is 9.70. The van der Waals surface area contributed by atoms with Crippen LogP contribution in [0.4, 0.5) is 4.79 Å². The molecule has 0 saturated carbocycles. The number of para-hydroxylation sites is 1. The smallest absolute Gasteiger partial charge is 0.478 e. The highest BCUT2D eigenvalue weighted by Gasteiger charge is 2.18. The minimum atomic E-state index is -1.45. The minimum absolute atomic E-state index is 0.136. The van der Waals surface area contributed by atoms with Crippen LogP contribution in [0.2, 0.25) is 0 Å². The lowest BCUT2D eigenvalue weighted by molar-refractivity contribution is 0.0651. The van der Waals surface area contributed by atoms with Crippen molar-refractivity contribution < 1.29 is 34.1 Å². The van der Waals surface area contributed by atoms with E-state index in [9.17, 15) is 14.4 Å². The van der Waals surface area contributed by atoms with Gasteiger partial charge in [0, 0.05) is 0 Å². The summed E-state index contributed by atoms with van der Waals surface area (Å²) in [6, 6.07) is 11.3. The molecule has 0 aliphatic carbocycles. The van der Waals surface area contributed by atoms with Gasteiger partial charge in [0.1, 0.15) is 11.5 Å². The van der Waals surface area contributed by atoms with E-state index in [0.717, 1.165) is 12.1 Å². The summed E-state index contributed by atoms with van der Waals surface area (Å²) in [5.74, 6) is -2.72. The Hall–Kier alpha value is -3.35. The molecule has 0 unspecified atom stereocenters. The number of carbonyl (C=O) groups is 3. The second-order valence-electron chi connectivity index (χ2n) is 4.08. The first kappa shape index (κ1) is 15.0. The Morgan fingerprint density at radius 3 is 1.91 bits per heavy atom. The molecule has 0 aliphatic rings. The lowest BCUT2D eigenvalue weighted by Crippen LogP contribution is -2.15. The summed E-state index contributed by atoms with van der Waals surface area (Å²) in [5.41, 5.74) is -0.895. The number of aromatic carboxylic acids is 2. The predicted molar refractivity (Wildman–Crippen MR) is 73.5 cm³/mol. The Labute approximate surface area is 124 Å². The number of carboxylic acid groups (broad SMARTS) is 2. The summed E-state index contributed by atoms with van der Waals surface area (Å²) in [5, 5.41) is 17.9. The van der Waals surface area contributed by atoms with E-state index in [2.05, 4.69) is 0 Å². The first-order valence-corrected chi connectivity index (χ1v) is 6.02. The third-order valence-electron chi connectivity index (χ3n) is 2.60. The van der Waals surface area contributed by atoms with Crippen LogP contribution in [0.3, 0.4) is 0 Å². The molecule has 7 heteroatoms. The van der Waals surface area contributed by atoms with Crippen LogP contribution < -0.4 is 9.47 Å². The fourth-order valence-electron chi connectivity index (χ4n) is 1.65. The topological polar surface area (TPSA) is 110 Å². The molecule has 2 rings (SSSR count). The standard InChI is InChI=1S/C15H10O7/c16-13(17)11-7-6-10(8-12(11)14(18)19)22-15(20)21-9-4-2-1-3-5-9/h1-8H,(H,16,17)(H,18,19). The molecule has 0 radical (unpaired) electrons. The van der Waals surface area contributed by atoms with Gasteiger partial charge in [-0.2, -0.15) is 0 Å². The van der Waals surface area contributed by atoms with E-state index in [-0.39, 0.29) is 11.5 Å². The van der Waals surface area contributed by atoms with Crippen LogP contribution in [-0.2, 0) is 0 Å². The molecule has 112 valence electrons. The first-order chi connectivity index (χ1) is 10.5. The van der Waals surface area contributed by atoms with Gasteiger partial charge in [-0.25, -0.2) is 14.4 Å². The molecule has 0 amide bonds. The molecular formula is C15H10O7. The van der Waals surface area contributed by atoms with E-state index < -0.39 is 29.2 Å². The van der Waals surface area contributed by atoms with Crippen molar-refractivity contribution in [3.63, 3.8) is 0 Å². The molecule has 2 aromatic rings. The minimum Gasteiger partial charge on any atom is -0.478 e. The second kappa shape index (κ2) is 6.40. The Morgan fingerprint density at radius 1 is 0.727 bits per heavy atom. The Morgan fingerprint density at radius 2 is 1.32 bits per heavy atom. The van der Waals surface area contributed by atoms with Gasteiger partial charge in [0.15, 0.2) is 0 Å². The van der Waals surface area contributed by atoms with E-state index in [1.807, 2.05) is 0 Å². The van der Waals surface area contributed by atoms with Crippen molar-refractivity contribution in [2.24, 2.45) is 0 Å². The molecule has 0 saturated heterocycles. The average molecular weight is 302 g/mol. The highest BCUT2D eigenvalue weighted by atomic mass is 16.7. The normalized spacial score (nSPS) is 9.82. The molecule has 7 nitrogen and oxygen atoms in total. The second-order valence-corrected chi connectivity index (χ2v) is 4.08. The summed E-state index contributed by atoms with van der Waals surface area (Å²) in [6.45, 7) is 0. The van der Waals surface area contributed by atoms with Gasteiger partial charge in [-0.1, -0.05) is 18.2 Å². The van der Waals surface area contributed by atoms with Crippen LogP contribution >= 0.6 is 0 Å². The van der Waals surface area contributed by atoms with E-state index in [1.165, 1.54) is 18.2 Å².